The number of ether oxygens (including phenoxy) is 2. The minimum absolute atomic E-state index is 0.0565. The van der Waals surface area contributed by atoms with E-state index in [1.54, 1.807) is 0 Å². The molecule has 2 unspecified atom stereocenters. The maximum Gasteiger partial charge on any atom is 0.472 e. The molecular formula is C44H84NO6P. The highest BCUT2D eigenvalue weighted by molar-refractivity contribution is 7.47. The monoisotopic (exact) mass is 754 g/mol. The van der Waals surface area contributed by atoms with E-state index in [-0.39, 0.29) is 13.2 Å². The van der Waals surface area contributed by atoms with Gasteiger partial charge in [0.25, 0.3) is 0 Å². The van der Waals surface area contributed by atoms with E-state index in [1.165, 1.54) is 161 Å². The minimum atomic E-state index is -4.27. The first-order valence-corrected chi connectivity index (χ1v) is 23.6. The molecule has 0 aliphatic rings. The lowest BCUT2D eigenvalue weighted by atomic mass is 10.0. The molecule has 3 atom stereocenters. The van der Waals surface area contributed by atoms with Crippen LogP contribution in [0.25, 0.3) is 0 Å². The highest BCUT2D eigenvalue weighted by Gasteiger charge is 2.25. The minimum Gasteiger partial charge on any atom is -0.379 e. The third-order valence-corrected chi connectivity index (χ3v) is 11.0. The van der Waals surface area contributed by atoms with E-state index in [1.807, 2.05) is 30.3 Å². The fourth-order valence-corrected chi connectivity index (χ4v) is 7.49. The number of benzene rings is 1. The largest absolute Gasteiger partial charge is 0.472 e. The number of phosphoric ester groups is 1. The van der Waals surface area contributed by atoms with Crippen molar-refractivity contribution in [1.29, 1.82) is 0 Å². The molecule has 0 fully saturated rings. The van der Waals surface area contributed by atoms with Gasteiger partial charge in [-0.2, -0.15) is 0 Å². The molecule has 8 heteroatoms. The molecule has 0 saturated carbocycles. The first-order chi connectivity index (χ1) is 25.5. The maximum atomic E-state index is 12.7. The van der Waals surface area contributed by atoms with E-state index in [2.05, 4.69) is 13.8 Å². The van der Waals surface area contributed by atoms with E-state index in [4.69, 9.17) is 24.3 Å². The SMILES string of the molecule is CCCCCCCCCCCCCCCCOC[C@H](COP(=O)(O)OCC(N)Cc1ccccc1)OCCCCCCCCCCCCCCCC. The summed E-state index contributed by atoms with van der Waals surface area (Å²) in [6, 6.07) is 9.39. The fraction of sp³-hybridized carbons (Fsp3) is 0.864. The van der Waals surface area contributed by atoms with Gasteiger partial charge in [0.1, 0.15) is 6.10 Å². The summed E-state index contributed by atoms with van der Waals surface area (Å²) in [5.74, 6) is 0. The van der Waals surface area contributed by atoms with Crippen molar-refractivity contribution in [3.8, 4) is 0 Å². The van der Waals surface area contributed by atoms with E-state index in [0.717, 1.165) is 24.8 Å². The quantitative estimate of drug-likeness (QED) is 0.0507. The zero-order valence-corrected chi connectivity index (χ0v) is 35.0. The van der Waals surface area contributed by atoms with Gasteiger partial charge in [-0.1, -0.05) is 211 Å². The van der Waals surface area contributed by atoms with Crippen LogP contribution < -0.4 is 5.73 Å². The number of hydrogen-bond acceptors (Lipinski definition) is 6. The lowest BCUT2D eigenvalue weighted by molar-refractivity contribution is -0.0445. The first kappa shape index (κ1) is 49.2. The van der Waals surface area contributed by atoms with Gasteiger partial charge in [0, 0.05) is 19.3 Å². The van der Waals surface area contributed by atoms with Crippen LogP contribution in [0.3, 0.4) is 0 Å². The molecule has 1 aromatic rings. The lowest BCUT2D eigenvalue weighted by Crippen LogP contribution is -2.29. The summed E-state index contributed by atoms with van der Waals surface area (Å²) in [4.78, 5) is 10.4. The summed E-state index contributed by atoms with van der Waals surface area (Å²) in [5.41, 5.74) is 7.21. The van der Waals surface area contributed by atoms with Crippen LogP contribution in [0.1, 0.15) is 199 Å². The molecule has 3 N–H and O–H groups in total. The van der Waals surface area contributed by atoms with Gasteiger partial charge in [0.05, 0.1) is 19.8 Å². The normalized spacial score (nSPS) is 14.1. The van der Waals surface area contributed by atoms with Crippen molar-refractivity contribution in [3.63, 3.8) is 0 Å². The molecule has 52 heavy (non-hydrogen) atoms. The Hall–Kier alpha value is -0.790. The lowest BCUT2D eigenvalue weighted by Gasteiger charge is -2.21. The molecule has 0 aliphatic carbocycles. The summed E-state index contributed by atoms with van der Waals surface area (Å²) < 4.78 is 35.4. The van der Waals surface area contributed by atoms with E-state index in [9.17, 15) is 9.46 Å². The summed E-state index contributed by atoms with van der Waals surface area (Å²) in [6.45, 7) is 6.02. The van der Waals surface area contributed by atoms with Gasteiger partial charge in [0.2, 0.25) is 0 Å². The molecule has 0 amide bonds. The zero-order chi connectivity index (χ0) is 37.6. The second-order valence-electron chi connectivity index (χ2n) is 15.3. The third kappa shape index (κ3) is 33.8. The Kier molecular flexibility index (Phi) is 35.2. The molecule has 0 bridgehead atoms. The van der Waals surface area contributed by atoms with Gasteiger partial charge >= 0.3 is 7.82 Å². The average Bonchev–Trinajstić information content (AvgIpc) is 3.14. The number of nitrogens with two attached hydrogens (primary N) is 1. The van der Waals surface area contributed by atoms with Crippen molar-refractivity contribution >= 4 is 7.82 Å². The Labute approximate surface area is 321 Å². The van der Waals surface area contributed by atoms with Crippen LogP contribution in [0.4, 0.5) is 0 Å². The molecule has 1 rings (SSSR count). The van der Waals surface area contributed by atoms with Gasteiger partial charge in [0.15, 0.2) is 0 Å². The highest BCUT2D eigenvalue weighted by Crippen LogP contribution is 2.43. The molecule has 0 heterocycles. The van der Waals surface area contributed by atoms with Crippen molar-refractivity contribution < 1.29 is 28.0 Å². The summed E-state index contributed by atoms with van der Waals surface area (Å²) in [5, 5.41) is 0. The first-order valence-electron chi connectivity index (χ1n) is 22.1. The molecule has 306 valence electrons. The van der Waals surface area contributed by atoms with Crippen LogP contribution in [-0.4, -0.2) is 50.1 Å². The highest BCUT2D eigenvalue weighted by atomic mass is 31.2. The van der Waals surface area contributed by atoms with Crippen LogP contribution in [0.15, 0.2) is 30.3 Å². The van der Waals surface area contributed by atoms with Gasteiger partial charge in [-0.05, 0) is 24.8 Å². The van der Waals surface area contributed by atoms with Crippen LogP contribution in [-0.2, 0) is 29.5 Å². The fourth-order valence-electron chi connectivity index (χ4n) is 6.68. The van der Waals surface area contributed by atoms with Crippen molar-refractivity contribution in [2.24, 2.45) is 5.73 Å². The average molecular weight is 754 g/mol. The van der Waals surface area contributed by atoms with E-state index in [0.29, 0.717) is 26.2 Å². The number of rotatable bonds is 41. The summed E-state index contributed by atoms with van der Waals surface area (Å²) >= 11 is 0. The Bertz CT molecular complexity index is 906. The van der Waals surface area contributed by atoms with Gasteiger partial charge in [-0.15, -0.1) is 0 Å². The van der Waals surface area contributed by atoms with Crippen molar-refractivity contribution in [2.75, 3.05) is 33.0 Å². The molecule has 0 spiro atoms. The molecule has 1 aromatic carbocycles. The van der Waals surface area contributed by atoms with E-state index >= 15 is 0 Å². The predicted octanol–water partition coefficient (Wildman–Crippen LogP) is 13.1. The maximum absolute atomic E-state index is 12.7. The summed E-state index contributed by atoms with van der Waals surface area (Å²) in [7, 11) is -4.27. The number of hydrogen-bond donors (Lipinski definition) is 2. The van der Waals surface area contributed by atoms with Crippen molar-refractivity contribution in [2.45, 2.75) is 212 Å². The van der Waals surface area contributed by atoms with Crippen LogP contribution in [0.5, 0.6) is 0 Å². The zero-order valence-electron chi connectivity index (χ0n) is 34.1. The standard InChI is InChI=1S/C44H84NO6P/c1-3-5-7-9-11-13-15-17-19-21-23-25-27-32-36-48-40-44(41-51-52(46,47)50-39-43(45)38-42-34-30-29-31-35-42)49-37-33-28-26-24-22-20-18-16-14-12-10-8-6-4-2/h29-31,34-35,43-44H,3-28,32-33,36-41,45H2,1-2H3,(H,46,47)/t43?,44-/m1/s1. The number of phosphoric acid groups is 1. The van der Waals surface area contributed by atoms with Crippen molar-refractivity contribution in [1.82, 2.24) is 0 Å². The third-order valence-electron chi connectivity index (χ3n) is 10.0. The Morgan fingerprint density at radius 3 is 1.37 bits per heavy atom. The molecule has 7 nitrogen and oxygen atoms in total. The number of unbranched alkanes of at least 4 members (excludes halogenated alkanes) is 26. The Balaban J connectivity index is 2.24. The summed E-state index contributed by atoms with van der Waals surface area (Å²) in [6.07, 6.45) is 37.1. The Morgan fingerprint density at radius 2 is 0.923 bits per heavy atom. The molecule has 0 saturated heterocycles. The molecular weight excluding hydrogens is 669 g/mol. The smallest absolute Gasteiger partial charge is 0.379 e. The molecule has 0 aromatic heterocycles. The second-order valence-corrected chi connectivity index (χ2v) is 16.7. The van der Waals surface area contributed by atoms with Gasteiger partial charge < -0.3 is 20.1 Å². The van der Waals surface area contributed by atoms with Crippen LogP contribution in [0, 0.1) is 0 Å². The molecule has 0 radical (unpaired) electrons. The van der Waals surface area contributed by atoms with Crippen molar-refractivity contribution in [3.05, 3.63) is 35.9 Å². The van der Waals surface area contributed by atoms with Gasteiger partial charge in [-0.25, -0.2) is 4.57 Å². The predicted molar refractivity (Wildman–Crippen MR) is 221 cm³/mol. The van der Waals surface area contributed by atoms with E-state index < -0.39 is 20.0 Å². The van der Waals surface area contributed by atoms with Crippen LogP contribution in [0.2, 0.25) is 0 Å². The van der Waals surface area contributed by atoms with Gasteiger partial charge in [-0.3, -0.25) is 9.05 Å². The second kappa shape index (κ2) is 37.1. The van der Waals surface area contributed by atoms with Crippen LogP contribution >= 0.6 is 7.82 Å². The Morgan fingerprint density at radius 1 is 0.538 bits per heavy atom. The topological polar surface area (TPSA) is 100 Å². The molecule has 0 aliphatic heterocycles.